The number of halogens is 2. The van der Waals surface area contributed by atoms with Crippen molar-refractivity contribution in [3.63, 3.8) is 0 Å². The lowest BCUT2D eigenvalue weighted by Gasteiger charge is -2.08. The molecule has 0 spiro atoms. The maximum atomic E-state index is 12.9. The summed E-state index contributed by atoms with van der Waals surface area (Å²) >= 11 is 5.69. The quantitative estimate of drug-likeness (QED) is 0.848. The summed E-state index contributed by atoms with van der Waals surface area (Å²) in [6.07, 6.45) is 0. The smallest absolute Gasteiger partial charge is 0.207 e. The van der Waals surface area contributed by atoms with Crippen molar-refractivity contribution < 1.29 is 12.8 Å². The summed E-state index contributed by atoms with van der Waals surface area (Å²) in [5, 5.41) is -0.0179. The zero-order chi connectivity index (χ0) is 12.3. The third-order valence-corrected chi connectivity index (χ3v) is 3.63. The minimum absolute atomic E-state index is 0.0179. The van der Waals surface area contributed by atoms with Gasteiger partial charge < -0.3 is 0 Å². The minimum atomic E-state index is -3.79. The van der Waals surface area contributed by atoms with Gasteiger partial charge in [0.05, 0.1) is 5.02 Å². The Balaban J connectivity index is 3.07. The van der Waals surface area contributed by atoms with E-state index >= 15 is 0 Å². The molecule has 88 valence electrons. The Morgan fingerprint density at radius 2 is 2.19 bits per heavy atom. The number of hydrogen-bond donors (Lipinski definition) is 1. The molecule has 0 aliphatic heterocycles. The van der Waals surface area contributed by atoms with Crippen LogP contribution in [0.25, 0.3) is 0 Å². The number of benzene rings is 1. The van der Waals surface area contributed by atoms with Gasteiger partial charge in [-0.15, -0.1) is 0 Å². The number of hydrogen-bond acceptors (Lipinski definition) is 2. The summed E-state index contributed by atoms with van der Waals surface area (Å²) in [7, 11) is -3.79. The van der Waals surface area contributed by atoms with Crippen LogP contribution in [0, 0.1) is 5.82 Å². The van der Waals surface area contributed by atoms with Crippen LogP contribution in [0.15, 0.2) is 35.2 Å². The van der Waals surface area contributed by atoms with Gasteiger partial charge in [-0.3, -0.25) is 0 Å². The molecule has 1 aromatic carbocycles. The predicted molar refractivity (Wildman–Crippen MR) is 61.4 cm³/mol. The molecular formula is C10H11ClFNO2S. The number of rotatable bonds is 4. The van der Waals surface area contributed by atoms with Crippen molar-refractivity contribution in [3.8, 4) is 0 Å². The van der Waals surface area contributed by atoms with Gasteiger partial charge in [-0.2, -0.15) is 0 Å². The average Bonchev–Trinajstić information content (AvgIpc) is 2.19. The van der Waals surface area contributed by atoms with Crippen molar-refractivity contribution in [2.75, 3.05) is 6.54 Å². The average molecular weight is 264 g/mol. The molecule has 0 saturated carbocycles. The lowest BCUT2D eigenvalue weighted by Crippen LogP contribution is -2.25. The van der Waals surface area contributed by atoms with Crippen LogP contribution in [0.1, 0.15) is 6.92 Å². The van der Waals surface area contributed by atoms with Gasteiger partial charge >= 0.3 is 0 Å². The molecule has 0 aliphatic rings. The Morgan fingerprint density at radius 1 is 1.56 bits per heavy atom. The minimum Gasteiger partial charge on any atom is -0.207 e. The fourth-order valence-electron chi connectivity index (χ4n) is 0.979. The van der Waals surface area contributed by atoms with Gasteiger partial charge in [-0.1, -0.05) is 23.8 Å². The maximum Gasteiger partial charge on any atom is 0.242 e. The first-order valence-corrected chi connectivity index (χ1v) is 6.28. The highest BCUT2D eigenvalue weighted by atomic mass is 35.5. The Bertz CT molecular complexity index is 514. The van der Waals surface area contributed by atoms with E-state index in [9.17, 15) is 12.8 Å². The molecule has 1 N–H and O–H groups in total. The van der Waals surface area contributed by atoms with Gasteiger partial charge in [-0.25, -0.2) is 17.5 Å². The van der Waals surface area contributed by atoms with E-state index in [-0.39, 0.29) is 16.5 Å². The standard InChI is InChI=1S/C10H11ClFNO2S/c1-7(2)6-13-16(14,15)10-5-8(12)3-4-9(10)11/h3-5,13H,1,6H2,2H3. The van der Waals surface area contributed by atoms with E-state index in [2.05, 4.69) is 11.3 Å². The lowest BCUT2D eigenvalue weighted by atomic mass is 10.3. The van der Waals surface area contributed by atoms with E-state index < -0.39 is 15.8 Å². The maximum absolute atomic E-state index is 12.9. The molecule has 3 nitrogen and oxygen atoms in total. The van der Waals surface area contributed by atoms with Crippen LogP contribution < -0.4 is 4.72 Å². The van der Waals surface area contributed by atoms with E-state index in [1.54, 1.807) is 6.92 Å². The topological polar surface area (TPSA) is 46.2 Å². The molecule has 0 atom stereocenters. The first-order chi connectivity index (χ1) is 7.33. The fourth-order valence-corrected chi connectivity index (χ4v) is 2.59. The molecule has 1 aromatic rings. The van der Waals surface area contributed by atoms with Crippen molar-refractivity contribution in [1.29, 1.82) is 0 Å². The molecule has 0 aliphatic carbocycles. The molecule has 16 heavy (non-hydrogen) atoms. The summed E-state index contributed by atoms with van der Waals surface area (Å²) in [5.74, 6) is -0.653. The highest BCUT2D eigenvalue weighted by Gasteiger charge is 2.18. The summed E-state index contributed by atoms with van der Waals surface area (Å²) in [5.41, 5.74) is 0.649. The van der Waals surface area contributed by atoms with Crippen molar-refractivity contribution in [3.05, 3.63) is 41.2 Å². The third-order valence-electron chi connectivity index (χ3n) is 1.75. The second-order valence-electron chi connectivity index (χ2n) is 3.36. The normalized spacial score (nSPS) is 11.4. The van der Waals surface area contributed by atoms with Crippen LogP contribution in [0.4, 0.5) is 4.39 Å². The first kappa shape index (κ1) is 13.2. The third kappa shape index (κ3) is 3.30. The van der Waals surface area contributed by atoms with E-state index in [0.29, 0.717) is 5.57 Å². The van der Waals surface area contributed by atoms with Gasteiger partial charge in [0, 0.05) is 6.54 Å². The molecule has 6 heteroatoms. The lowest BCUT2D eigenvalue weighted by molar-refractivity contribution is 0.580. The summed E-state index contributed by atoms with van der Waals surface area (Å²) < 4.78 is 38.6. The van der Waals surface area contributed by atoms with Gasteiger partial charge in [0.1, 0.15) is 10.7 Å². The van der Waals surface area contributed by atoms with Crippen LogP contribution in [0.2, 0.25) is 5.02 Å². The molecule has 0 saturated heterocycles. The Hall–Kier alpha value is -0.910. The van der Waals surface area contributed by atoms with E-state index in [1.165, 1.54) is 6.07 Å². The molecular weight excluding hydrogens is 253 g/mol. The molecule has 0 aromatic heterocycles. The van der Waals surface area contributed by atoms with Gasteiger partial charge in [0.2, 0.25) is 10.0 Å². The van der Waals surface area contributed by atoms with E-state index in [0.717, 1.165) is 12.1 Å². The fraction of sp³-hybridized carbons (Fsp3) is 0.200. The summed E-state index contributed by atoms with van der Waals surface area (Å²) in [6, 6.07) is 3.18. The SMILES string of the molecule is C=C(C)CNS(=O)(=O)c1cc(F)ccc1Cl. The monoisotopic (exact) mass is 263 g/mol. The number of sulfonamides is 1. The number of nitrogens with one attached hydrogen (secondary N) is 1. The highest BCUT2D eigenvalue weighted by molar-refractivity contribution is 7.89. The molecule has 0 bridgehead atoms. The van der Waals surface area contributed by atoms with Gasteiger partial charge in [-0.05, 0) is 25.1 Å². The van der Waals surface area contributed by atoms with E-state index in [1.807, 2.05) is 0 Å². The molecule has 1 rings (SSSR count). The Morgan fingerprint density at radius 3 is 2.75 bits per heavy atom. The second-order valence-corrected chi connectivity index (χ2v) is 5.50. The molecule has 0 amide bonds. The zero-order valence-corrected chi connectivity index (χ0v) is 10.2. The van der Waals surface area contributed by atoms with Crippen molar-refractivity contribution in [2.45, 2.75) is 11.8 Å². The van der Waals surface area contributed by atoms with E-state index in [4.69, 9.17) is 11.6 Å². The first-order valence-electron chi connectivity index (χ1n) is 4.42. The van der Waals surface area contributed by atoms with Crippen LogP contribution in [-0.2, 0) is 10.0 Å². The zero-order valence-electron chi connectivity index (χ0n) is 8.63. The Labute approximate surface area is 99.0 Å². The van der Waals surface area contributed by atoms with Crippen molar-refractivity contribution >= 4 is 21.6 Å². The van der Waals surface area contributed by atoms with Crippen LogP contribution >= 0.6 is 11.6 Å². The summed E-state index contributed by atoms with van der Waals surface area (Å²) in [4.78, 5) is -0.268. The van der Waals surface area contributed by atoms with Crippen molar-refractivity contribution in [2.24, 2.45) is 0 Å². The van der Waals surface area contributed by atoms with Crippen molar-refractivity contribution in [1.82, 2.24) is 4.72 Å². The molecule has 0 heterocycles. The molecule has 0 unspecified atom stereocenters. The molecule has 0 radical (unpaired) electrons. The Kier molecular flexibility index (Phi) is 4.07. The largest absolute Gasteiger partial charge is 0.242 e. The van der Waals surface area contributed by atoms with Crippen LogP contribution in [0.5, 0.6) is 0 Å². The van der Waals surface area contributed by atoms with Gasteiger partial charge in [0.15, 0.2) is 0 Å². The molecule has 0 fully saturated rings. The van der Waals surface area contributed by atoms with Crippen LogP contribution in [0.3, 0.4) is 0 Å². The highest BCUT2D eigenvalue weighted by Crippen LogP contribution is 2.21. The van der Waals surface area contributed by atoms with Gasteiger partial charge in [0.25, 0.3) is 0 Å². The summed E-state index contributed by atoms with van der Waals surface area (Å²) in [6.45, 7) is 5.33. The predicted octanol–water partition coefficient (Wildman–Crippen LogP) is 2.33. The second kappa shape index (κ2) is 4.95. The van der Waals surface area contributed by atoms with Crippen LogP contribution in [-0.4, -0.2) is 15.0 Å².